The van der Waals surface area contributed by atoms with Crippen LogP contribution in [0, 0.1) is 0 Å². The van der Waals surface area contributed by atoms with Crippen molar-refractivity contribution >= 4 is 16.8 Å². The van der Waals surface area contributed by atoms with Crippen molar-refractivity contribution in [1.82, 2.24) is 9.47 Å². The largest absolute Gasteiger partial charge is 0.454 e. The summed E-state index contributed by atoms with van der Waals surface area (Å²) in [5.74, 6) is 0.871. The van der Waals surface area contributed by atoms with Crippen molar-refractivity contribution in [2.75, 3.05) is 26.5 Å². The minimum absolute atomic E-state index is 0.131. The lowest BCUT2D eigenvalue weighted by atomic mass is 10.1. The first-order valence-electron chi connectivity index (χ1n) is 10.1. The average molecular weight is 406 g/mol. The van der Waals surface area contributed by atoms with E-state index in [1.165, 1.54) is 0 Å². The predicted molar refractivity (Wildman–Crippen MR) is 111 cm³/mol. The number of ether oxygens (including phenoxy) is 3. The van der Waals surface area contributed by atoms with Crippen LogP contribution in [-0.2, 0) is 11.3 Å². The lowest BCUT2D eigenvalue weighted by molar-refractivity contribution is -0.0228. The summed E-state index contributed by atoms with van der Waals surface area (Å²) in [6.07, 6.45) is 1.45. The summed E-state index contributed by atoms with van der Waals surface area (Å²) in [4.78, 5) is 28.3. The molecule has 1 saturated heterocycles. The van der Waals surface area contributed by atoms with E-state index in [-0.39, 0.29) is 29.8 Å². The molecule has 3 heterocycles. The number of aryl methyl sites for hydroxylation is 1. The van der Waals surface area contributed by atoms with Gasteiger partial charge in [-0.05, 0) is 18.6 Å². The zero-order valence-corrected chi connectivity index (χ0v) is 16.7. The summed E-state index contributed by atoms with van der Waals surface area (Å²) >= 11 is 0. The van der Waals surface area contributed by atoms with Crippen molar-refractivity contribution in [2.45, 2.75) is 19.6 Å². The maximum Gasteiger partial charge on any atom is 0.259 e. The molecule has 1 fully saturated rings. The first-order valence-corrected chi connectivity index (χ1v) is 10.1. The third kappa shape index (κ3) is 3.11. The molecule has 2 aromatic carbocycles. The smallest absolute Gasteiger partial charge is 0.259 e. The Kier molecular flexibility index (Phi) is 4.67. The molecule has 2 aliphatic heterocycles. The number of carbonyl (C=O) groups excluding carboxylic acids is 1. The molecule has 0 spiro atoms. The van der Waals surface area contributed by atoms with E-state index in [0.29, 0.717) is 43.1 Å². The first kappa shape index (κ1) is 18.7. The molecular formula is C23H22N2O5. The van der Waals surface area contributed by atoms with E-state index in [4.69, 9.17) is 14.2 Å². The highest BCUT2D eigenvalue weighted by molar-refractivity contribution is 5.98. The summed E-state index contributed by atoms with van der Waals surface area (Å²) in [6, 6.07) is 13.3. The number of amides is 1. The van der Waals surface area contributed by atoms with E-state index in [1.807, 2.05) is 41.8 Å². The second-order valence-corrected chi connectivity index (χ2v) is 7.40. The molecule has 7 heteroatoms. The van der Waals surface area contributed by atoms with Gasteiger partial charge in [0.05, 0.1) is 24.1 Å². The van der Waals surface area contributed by atoms with Gasteiger partial charge in [-0.2, -0.15) is 0 Å². The zero-order chi connectivity index (χ0) is 20.7. The van der Waals surface area contributed by atoms with Crippen molar-refractivity contribution in [1.29, 1.82) is 0 Å². The van der Waals surface area contributed by atoms with Crippen LogP contribution in [0.1, 0.15) is 28.9 Å². The number of hydrogen-bond acceptors (Lipinski definition) is 5. The Bertz CT molecular complexity index is 1170. The third-order valence-corrected chi connectivity index (χ3v) is 5.67. The fourth-order valence-corrected chi connectivity index (χ4v) is 4.07. The van der Waals surface area contributed by atoms with Gasteiger partial charge in [-0.15, -0.1) is 0 Å². The van der Waals surface area contributed by atoms with Gasteiger partial charge in [-0.1, -0.05) is 30.3 Å². The molecule has 0 radical (unpaired) electrons. The SMILES string of the molecule is CCn1cc(C(=O)N2CCO[C@@H](c3ccccc3)C2)c(=O)c2cc3c(cc21)OCO3. The molecule has 30 heavy (non-hydrogen) atoms. The minimum Gasteiger partial charge on any atom is -0.454 e. The van der Waals surface area contributed by atoms with Gasteiger partial charge in [0, 0.05) is 25.4 Å². The van der Waals surface area contributed by atoms with Gasteiger partial charge in [0.2, 0.25) is 12.2 Å². The predicted octanol–water partition coefficient (Wildman–Crippen LogP) is 2.96. The maximum absolute atomic E-state index is 13.3. The topological polar surface area (TPSA) is 70.0 Å². The van der Waals surface area contributed by atoms with Crippen LogP contribution < -0.4 is 14.9 Å². The van der Waals surface area contributed by atoms with E-state index in [9.17, 15) is 9.59 Å². The normalized spacial score (nSPS) is 18.0. The van der Waals surface area contributed by atoms with Crippen molar-refractivity contribution in [3.8, 4) is 11.5 Å². The molecule has 0 N–H and O–H groups in total. The molecule has 1 aromatic heterocycles. The van der Waals surface area contributed by atoms with Crippen LogP contribution in [-0.4, -0.2) is 41.9 Å². The summed E-state index contributed by atoms with van der Waals surface area (Å²) in [7, 11) is 0. The number of nitrogens with zero attached hydrogens (tertiary/aromatic N) is 2. The molecule has 5 rings (SSSR count). The standard InChI is InChI=1S/C23H22N2O5/c1-2-24-12-17(22(26)16-10-19-20(11-18(16)24)30-14-29-19)23(27)25-8-9-28-21(13-25)15-6-4-3-5-7-15/h3-7,10-12,21H,2,8-9,13-14H2,1H3/t21-/m1/s1. The van der Waals surface area contributed by atoms with E-state index >= 15 is 0 Å². The van der Waals surface area contributed by atoms with Crippen LogP contribution in [0.25, 0.3) is 10.9 Å². The summed E-state index contributed by atoms with van der Waals surface area (Å²) < 4.78 is 18.7. The van der Waals surface area contributed by atoms with Gasteiger partial charge >= 0.3 is 0 Å². The molecule has 154 valence electrons. The van der Waals surface area contributed by atoms with Crippen LogP contribution in [0.4, 0.5) is 0 Å². The molecule has 0 bridgehead atoms. The van der Waals surface area contributed by atoms with Crippen molar-refractivity contribution in [3.05, 3.63) is 70.0 Å². The van der Waals surface area contributed by atoms with Crippen LogP contribution in [0.2, 0.25) is 0 Å². The van der Waals surface area contributed by atoms with Crippen LogP contribution in [0.15, 0.2) is 53.5 Å². The fourth-order valence-electron chi connectivity index (χ4n) is 4.07. The van der Waals surface area contributed by atoms with Gasteiger partial charge < -0.3 is 23.7 Å². The van der Waals surface area contributed by atoms with Crippen molar-refractivity contribution in [3.63, 3.8) is 0 Å². The molecule has 3 aromatic rings. The van der Waals surface area contributed by atoms with E-state index in [2.05, 4.69) is 0 Å². The zero-order valence-electron chi connectivity index (χ0n) is 16.7. The van der Waals surface area contributed by atoms with Gasteiger partial charge in [0.25, 0.3) is 5.91 Å². The maximum atomic E-state index is 13.3. The number of pyridine rings is 1. The Balaban J connectivity index is 1.52. The number of morpholine rings is 1. The summed E-state index contributed by atoms with van der Waals surface area (Å²) in [5, 5.41) is 0.458. The second-order valence-electron chi connectivity index (χ2n) is 7.40. The minimum atomic E-state index is -0.291. The molecule has 0 saturated carbocycles. The number of benzene rings is 2. The van der Waals surface area contributed by atoms with Crippen molar-refractivity contribution in [2.24, 2.45) is 0 Å². The lowest BCUT2D eigenvalue weighted by Gasteiger charge is -2.33. The summed E-state index contributed by atoms with van der Waals surface area (Å²) in [5.41, 5.74) is 1.62. The highest BCUT2D eigenvalue weighted by Crippen LogP contribution is 2.35. The second kappa shape index (κ2) is 7.50. The Morgan fingerprint density at radius 3 is 2.67 bits per heavy atom. The van der Waals surface area contributed by atoms with E-state index < -0.39 is 0 Å². The number of carbonyl (C=O) groups is 1. The molecule has 1 atom stereocenters. The number of aromatic nitrogens is 1. The monoisotopic (exact) mass is 406 g/mol. The third-order valence-electron chi connectivity index (χ3n) is 5.67. The number of fused-ring (bicyclic) bond motifs is 2. The Morgan fingerprint density at radius 1 is 1.13 bits per heavy atom. The van der Waals surface area contributed by atoms with Crippen molar-refractivity contribution < 1.29 is 19.0 Å². The highest BCUT2D eigenvalue weighted by Gasteiger charge is 2.28. The molecule has 7 nitrogen and oxygen atoms in total. The van der Waals surface area contributed by atoms with Crippen LogP contribution >= 0.6 is 0 Å². The molecule has 0 aliphatic carbocycles. The van der Waals surface area contributed by atoms with Gasteiger partial charge in [-0.3, -0.25) is 9.59 Å². The van der Waals surface area contributed by atoms with Gasteiger partial charge in [0.1, 0.15) is 11.7 Å². The molecule has 2 aliphatic rings. The van der Waals surface area contributed by atoms with E-state index in [0.717, 1.165) is 11.1 Å². The molecular weight excluding hydrogens is 384 g/mol. The Hall–Kier alpha value is -3.32. The number of rotatable bonds is 3. The quantitative estimate of drug-likeness (QED) is 0.669. The van der Waals surface area contributed by atoms with Gasteiger partial charge in [-0.25, -0.2) is 0 Å². The fraction of sp³-hybridized carbons (Fsp3) is 0.304. The number of hydrogen-bond donors (Lipinski definition) is 0. The highest BCUT2D eigenvalue weighted by atomic mass is 16.7. The first-order chi connectivity index (χ1) is 14.7. The van der Waals surface area contributed by atoms with Crippen LogP contribution in [0.3, 0.4) is 0 Å². The summed E-state index contributed by atoms with van der Waals surface area (Å²) in [6.45, 7) is 4.02. The Labute approximate surface area is 173 Å². The van der Waals surface area contributed by atoms with Crippen LogP contribution in [0.5, 0.6) is 11.5 Å². The van der Waals surface area contributed by atoms with E-state index in [1.54, 1.807) is 23.2 Å². The molecule has 0 unspecified atom stereocenters. The molecule has 1 amide bonds. The average Bonchev–Trinajstić information content (AvgIpc) is 3.26. The lowest BCUT2D eigenvalue weighted by Crippen LogP contribution is -2.43. The Morgan fingerprint density at radius 2 is 1.90 bits per heavy atom. The van der Waals surface area contributed by atoms with Gasteiger partial charge in [0.15, 0.2) is 11.5 Å².